The third-order valence-electron chi connectivity index (χ3n) is 11.8. The number of rotatable bonds is 18. The van der Waals surface area contributed by atoms with E-state index in [4.69, 9.17) is 13.6 Å². The smallest absolute Gasteiger partial charge is 0.417 e. The van der Waals surface area contributed by atoms with Gasteiger partial charge in [-0.15, -0.1) is 0 Å². The number of amides is 2. The molecule has 5 aromatic carbocycles. The molecule has 1 saturated heterocycles. The van der Waals surface area contributed by atoms with E-state index in [1.54, 1.807) is 0 Å². The Bertz CT molecular complexity index is 2040. The van der Waals surface area contributed by atoms with Gasteiger partial charge >= 0.3 is 6.09 Å². The lowest BCUT2D eigenvalue weighted by molar-refractivity contribution is -0.136. The van der Waals surface area contributed by atoms with Gasteiger partial charge in [0.05, 0.1) is 6.04 Å². The lowest BCUT2D eigenvalue weighted by atomic mass is 10.1. The van der Waals surface area contributed by atoms with E-state index in [0.717, 1.165) is 41.6 Å². The molecular weight excluding hydrogens is 775 g/mol. The predicted octanol–water partition coefficient (Wildman–Crippen LogP) is 9.61. The zero-order valence-electron chi connectivity index (χ0n) is 36.4. The Morgan fingerprint density at radius 3 is 1.57 bits per heavy atom. The molecule has 0 unspecified atom stereocenters. The summed E-state index contributed by atoms with van der Waals surface area (Å²) in [5.41, 5.74) is 1.04. The van der Waals surface area contributed by atoms with Crippen LogP contribution in [0.2, 0.25) is 10.1 Å². The summed E-state index contributed by atoms with van der Waals surface area (Å²) < 4.78 is 20.2. The first kappa shape index (κ1) is 44.7. The summed E-state index contributed by atoms with van der Waals surface area (Å²) in [4.78, 5) is 29.6. The van der Waals surface area contributed by atoms with Crippen molar-refractivity contribution in [1.29, 1.82) is 0 Å². The first-order valence-electron chi connectivity index (χ1n) is 21.6. The molecule has 0 N–H and O–H groups in total. The van der Waals surface area contributed by atoms with Crippen molar-refractivity contribution < 1.29 is 23.2 Å². The summed E-state index contributed by atoms with van der Waals surface area (Å²) in [5.74, 6) is -0.350. The van der Waals surface area contributed by atoms with Gasteiger partial charge in [0.25, 0.3) is 22.5 Å². The highest BCUT2D eigenvalue weighted by atomic mass is 28.4. The molecule has 1 fully saturated rings. The number of cyclic esters (lactones) is 1. The molecule has 1 heterocycles. The molecule has 1 aliphatic heterocycles. The molecule has 0 bridgehead atoms. The van der Waals surface area contributed by atoms with Crippen LogP contribution in [0.25, 0.3) is 0 Å². The number of benzene rings is 5. The van der Waals surface area contributed by atoms with Gasteiger partial charge in [0, 0.05) is 6.61 Å². The molecule has 6 rings (SSSR count). The fourth-order valence-corrected chi connectivity index (χ4v) is 18.1. The minimum atomic E-state index is -3.16. The first-order chi connectivity index (χ1) is 28.9. The van der Waals surface area contributed by atoms with Crippen LogP contribution in [-0.2, 0) is 24.8 Å². The molecule has 60 heavy (non-hydrogen) atoms. The molecule has 8 heteroatoms. The maximum Gasteiger partial charge on any atom is 0.417 e. The fraction of sp³-hybridized carbons (Fsp3) is 0.346. The number of hydrogen-bond donors (Lipinski definition) is 0. The highest BCUT2D eigenvalue weighted by molar-refractivity contribution is 7.00. The molecule has 2 atom stereocenters. The van der Waals surface area contributed by atoms with Crippen LogP contribution in [0.3, 0.4) is 0 Å². The standard InChI is InChI=1S/C52H63NO5Si2/c1-51(2,3)59(44-30-18-12-19-31-44,45-32-20-13-21-33-45)57-39-27-10-8-7-9-26-38-48(49(54)53-43(41-56-50(53)55)40-42-28-16-11-17-29-42)58-60(52(4,5)6,46-34-22-14-23-35-46)47-36-24-15-25-37-47/h9,11-26,28-37,43,48H,7-8,10,27,38-41H2,1-6H3/b26-9-/t43-,48+/m1/s1. The Kier molecular flexibility index (Phi) is 15.0. The number of carbonyl (C=O) groups is 2. The molecule has 0 radical (unpaired) electrons. The maximum absolute atomic E-state index is 14.9. The Morgan fingerprint density at radius 2 is 1.10 bits per heavy atom. The minimum absolute atomic E-state index is 0.0592. The summed E-state index contributed by atoms with van der Waals surface area (Å²) in [7, 11) is -5.73. The lowest BCUT2D eigenvalue weighted by Gasteiger charge is -2.45. The quantitative estimate of drug-likeness (QED) is 0.0500. The Balaban J connectivity index is 1.19. The summed E-state index contributed by atoms with van der Waals surface area (Å²) in [6, 6.07) is 51.8. The Hall–Kier alpha value is -4.87. The van der Waals surface area contributed by atoms with Gasteiger partial charge in [-0.2, -0.15) is 0 Å². The summed E-state index contributed by atoms with van der Waals surface area (Å²) >= 11 is 0. The van der Waals surface area contributed by atoms with Gasteiger partial charge < -0.3 is 13.6 Å². The lowest BCUT2D eigenvalue weighted by Crippen LogP contribution is -2.68. The summed E-state index contributed by atoms with van der Waals surface area (Å²) in [5, 5.41) is 4.33. The Morgan fingerprint density at radius 1 is 0.650 bits per heavy atom. The van der Waals surface area contributed by atoms with Crippen LogP contribution in [0.4, 0.5) is 4.79 Å². The third kappa shape index (κ3) is 10.0. The van der Waals surface area contributed by atoms with Crippen LogP contribution in [0, 0.1) is 0 Å². The van der Waals surface area contributed by atoms with Crippen LogP contribution >= 0.6 is 0 Å². The van der Waals surface area contributed by atoms with E-state index in [-0.39, 0.29) is 22.6 Å². The number of carbonyl (C=O) groups excluding carboxylic acids is 2. The van der Waals surface area contributed by atoms with E-state index >= 15 is 0 Å². The fourth-order valence-electron chi connectivity index (χ4n) is 8.89. The zero-order chi connectivity index (χ0) is 42.6. The summed E-state index contributed by atoms with van der Waals surface area (Å²) in [6.45, 7) is 14.4. The van der Waals surface area contributed by atoms with Crippen molar-refractivity contribution in [1.82, 2.24) is 4.90 Å². The number of hydrogen-bond acceptors (Lipinski definition) is 5. The van der Waals surface area contributed by atoms with E-state index in [1.165, 1.54) is 15.3 Å². The highest BCUT2D eigenvalue weighted by Gasteiger charge is 2.54. The van der Waals surface area contributed by atoms with Gasteiger partial charge in [0.15, 0.2) is 0 Å². The van der Waals surface area contributed by atoms with E-state index in [2.05, 4.69) is 139 Å². The SMILES string of the molecule is CC(C)(C)[Si](OCCCCC/C=C\C[C@H](O[Si](c1ccccc1)(c1ccccc1)C(C)(C)C)C(=O)N1C(=O)OC[C@H]1Cc1ccccc1)(c1ccccc1)c1ccccc1. The Labute approximate surface area is 360 Å². The number of nitrogens with zero attached hydrogens (tertiary/aromatic N) is 1. The second-order valence-corrected chi connectivity index (χ2v) is 26.5. The molecule has 0 saturated carbocycles. The molecule has 1 aliphatic rings. The van der Waals surface area contributed by atoms with Crippen molar-refractivity contribution in [2.24, 2.45) is 0 Å². The van der Waals surface area contributed by atoms with Gasteiger partial charge in [-0.25, -0.2) is 9.69 Å². The van der Waals surface area contributed by atoms with E-state index in [0.29, 0.717) is 19.4 Å². The van der Waals surface area contributed by atoms with Crippen LogP contribution in [0.15, 0.2) is 164 Å². The van der Waals surface area contributed by atoms with Crippen molar-refractivity contribution in [3.8, 4) is 0 Å². The van der Waals surface area contributed by atoms with Gasteiger partial charge in [-0.3, -0.25) is 4.79 Å². The molecular formula is C52H63NO5Si2. The van der Waals surface area contributed by atoms with Crippen molar-refractivity contribution in [2.45, 2.75) is 102 Å². The highest BCUT2D eigenvalue weighted by Crippen LogP contribution is 2.39. The summed E-state index contributed by atoms with van der Waals surface area (Å²) in [6.07, 6.45) is 7.41. The molecule has 5 aromatic rings. The predicted molar refractivity (Wildman–Crippen MR) is 250 cm³/mol. The molecule has 0 aliphatic carbocycles. The van der Waals surface area contributed by atoms with Gasteiger partial charge in [0.2, 0.25) is 0 Å². The number of unbranched alkanes of at least 4 members (excludes halogenated alkanes) is 3. The van der Waals surface area contributed by atoms with Crippen LogP contribution in [0.1, 0.15) is 79.2 Å². The van der Waals surface area contributed by atoms with Crippen LogP contribution < -0.4 is 20.7 Å². The van der Waals surface area contributed by atoms with Gasteiger partial charge in [-0.1, -0.05) is 212 Å². The van der Waals surface area contributed by atoms with Crippen LogP contribution in [0.5, 0.6) is 0 Å². The number of ether oxygens (including phenoxy) is 1. The number of imide groups is 1. The van der Waals surface area contributed by atoms with Crippen molar-refractivity contribution in [2.75, 3.05) is 13.2 Å². The average Bonchev–Trinajstić information content (AvgIpc) is 3.62. The van der Waals surface area contributed by atoms with Gasteiger partial charge in [0.1, 0.15) is 12.7 Å². The topological polar surface area (TPSA) is 65.1 Å². The average molecular weight is 838 g/mol. The van der Waals surface area contributed by atoms with Gasteiger partial charge in [-0.05, 0) is 68.5 Å². The largest absolute Gasteiger partial charge is 0.447 e. The normalized spacial score (nSPS) is 15.6. The monoisotopic (exact) mass is 837 g/mol. The third-order valence-corrected chi connectivity index (χ3v) is 21.9. The van der Waals surface area contributed by atoms with Crippen LogP contribution in [-0.4, -0.2) is 58.9 Å². The van der Waals surface area contributed by atoms with E-state index in [1.807, 2.05) is 66.7 Å². The zero-order valence-corrected chi connectivity index (χ0v) is 38.4. The molecule has 6 nitrogen and oxygen atoms in total. The van der Waals surface area contributed by atoms with Crippen molar-refractivity contribution >= 4 is 49.4 Å². The second-order valence-electron chi connectivity index (χ2n) is 18.0. The van der Waals surface area contributed by atoms with E-state index < -0.39 is 34.9 Å². The molecule has 314 valence electrons. The second kappa shape index (κ2) is 20.1. The molecule has 0 aromatic heterocycles. The van der Waals surface area contributed by atoms with Crippen molar-refractivity contribution in [3.05, 3.63) is 169 Å². The minimum Gasteiger partial charge on any atom is -0.447 e. The van der Waals surface area contributed by atoms with E-state index in [9.17, 15) is 9.59 Å². The number of allylic oxidation sites excluding steroid dienone is 1. The maximum atomic E-state index is 14.9. The van der Waals surface area contributed by atoms with Crippen molar-refractivity contribution in [3.63, 3.8) is 0 Å². The molecule has 2 amide bonds. The first-order valence-corrected chi connectivity index (χ1v) is 25.4. The molecule has 0 spiro atoms.